The molecule has 0 spiro atoms. The summed E-state index contributed by atoms with van der Waals surface area (Å²) in [5.41, 5.74) is 0. The predicted molar refractivity (Wildman–Crippen MR) is 74.7 cm³/mol. The molecule has 17 heavy (non-hydrogen) atoms. The summed E-state index contributed by atoms with van der Waals surface area (Å²) in [6.45, 7) is 8.77. The summed E-state index contributed by atoms with van der Waals surface area (Å²) in [6.07, 6.45) is 0.719. The number of nitrogens with one attached hydrogen (secondary N) is 1. The lowest BCUT2D eigenvalue weighted by Crippen LogP contribution is -2.54. The zero-order chi connectivity index (χ0) is 12.2. The third-order valence-electron chi connectivity index (χ3n) is 2.87. The standard InChI is InChI=1S/C11H24N2O2S.ClH/c1-4-6-16(14,15)7-5-13-8-10(2)12-11(3)9-13;/h10-12H,4-9H2,1-3H3;1H. The first-order valence-electron chi connectivity index (χ1n) is 6.12. The number of hydrogen-bond acceptors (Lipinski definition) is 4. The largest absolute Gasteiger partial charge is 0.309 e. The second-order valence-electron chi connectivity index (χ2n) is 4.88. The Labute approximate surface area is 111 Å². The highest BCUT2D eigenvalue weighted by Crippen LogP contribution is 2.05. The van der Waals surface area contributed by atoms with Crippen molar-refractivity contribution < 1.29 is 8.42 Å². The zero-order valence-electron chi connectivity index (χ0n) is 11.0. The second kappa shape index (κ2) is 7.56. The van der Waals surface area contributed by atoms with Crippen LogP contribution in [-0.2, 0) is 9.84 Å². The maximum Gasteiger partial charge on any atom is 0.151 e. The molecule has 2 unspecified atom stereocenters. The summed E-state index contributed by atoms with van der Waals surface area (Å²) in [4.78, 5) is 2.25. The minimum atomic E-state index is -2.83. The summed E-state index contributed by atoms with van der Waals surface area (Å²) < 4.78 is 23.2. The van der Waals surface area contributed by atoms with Crippen LogP contribution in [0.2, 0.25) is 0 Å². The van der Waals surface area contributed by atoms with Crippen LogP contribution in [0, 0.1) is 0 Å². The molecular weight excluding hydrogens is 260 g/mol. The lowest BCUT2D eigenvalue weighted by Gasteiger charge is -2.36. The van der Waals surface area contributed by atoms with E-state index < -0.39 is 9.84 Å². The van der Waals surface area contributed by atoms with Crippen molar-refractivity contribution in [1.29, 1.82) is 0 Å². The van der Waals surface area contributed by atoms with Gasteiger partial charge in [0.15, 0.2) is 9.84 Å². The van der Waals surface area contributed by atoms with Gasteiger partial charge in [-0.05, 0) is 20.3 Å². The van der Waals surface area contributed by atoms with E-state index in [1.54, 1.807) is 0 Å². The molecule has 1 N–H and O–H groups in total. The average Bonchev–Trinajstić information content (AvgIpc) is 2.13. The highest BCUT2D eigenvalue weighted by atomic mass is 35.5. The smallest absolute Gasteiger partial charge is 0.151 e. The highest BCUT2D eigenvalue weighted by Gasteiger charge is 2.22. The van der Waals surface area contributed by atoms with Gasteiger partial charge < -0.3 is 5.32 Å². The summed E-state index contributed by atoms with van der Waals surface area (Å²) >= 11 is 0. The average molecular weight is 285 g/mol. The number of rotatable bonds is 5. The van der Waals surface area contributed by atoms with E-state index in [0.29, 0.717) is 30.1 Å². The van der Waals surface area contributed by atoms with Gasteiger partial charge in [-0.2, -0.15) is 0 Å². The maximum absolute atomic E-state index is 11.6. The van der Waals surface area contributed by atoms with E-state index in [4.69, 9.17) is 0 Å². The molecule has 1 rings (SSSR count). The highest BCUT2D eigenvalue weighted by molar-refractivity contribution is 7.91. The van der Waals surface area contributed by atoms with Crippen LogP contribution in [-0.4, -0.2) is 56.5 Å². The van der Waals surface area contributed by atoms with Gasteiger partial charge in [0.2, 0.25) is 0 Å². The predicted octanol–water partition coefficient (Wildman–Crippen LogP) is 0.915. The fourth-order valence-electron chi connectivity index (χ4n) is 2.30. The van der Waals surface area contributed by atoms with Crippen LogP contribution < -0.4 is 5.32 Å². The Morgan fingerprint density at radius 2 is 1.71 bits per heavy atom. The van der Waals surface area contributed by atoms with Crippen molar-refractivity contribution >= 4 is 22.2 Å². The molecule has 104 valence electrons. The van der Waals surface area contributed by atoms with Crippen molar-refractivity contribution in [3.05, 3.63) is 0 Å². The van der Waals surface area contributed by atoms with Gasteiger partial charge in [-0.15, -0.1) is 12.4 Å². The van der Waals surface area contributed by atoms with Crippen molar-refractivity contribution in [2.75, 3.05) is 31.1 Å². The van der Waals surface area contributed by atoms with Gasteiger partial charge in [-0.25, -0.2) is 8.42 Å². The molecule has 1 aliphatic rings. The van der Waals surface area contributed by atoms with Crippen molar-refractivity contribution in [3.8, 4) is 0 Å². The zero-order valence-corrected chi connectivity index (χ0v) is 12.6. The molecular formula is C11H25ClN2O2S. The van der Waals surface area contributed by atoms with Crippen LogP contribution in [0.15, 0.2) is 0 Å². The molecule has 0 aromatic heterocycles. The van der Waals surface area contributed by atoms with Crippen LogP contribution in [0.3, 0.4) is 0 Å². The van der Waals surface area contributed by atoms with Crippen LogP contribution in [0.1, 0.15) is 27.2 Å². The van der Waals surface area contributed by atoms with Crippen molar-refractivity contribution in [3.63, 3.8) is 0 Å². The minimum absolute atomic E-state index is 0. The Kier molecular flexibility index (Phi) is 7.63. The van der Waals surface area contributed by atoms with E-state index >= 15 is 0 Å². The number of sulfone groups is 1. The van der Waals surface area contributed by atoms with Crippen molar-refractivity contribution in [2.24, 2.45) is 0 Å². The third-order valence-corrected chi connectivity index (χ3v) is 4.70. The van der Waals surface area contributed by atoms with E-state index in [2.05, 4.69) is 24.1 Å². The van der Waals surface area contributed by atoms with Gasteiger partial charge in [0.05, 0.1) is 5.75 Å². The molecule has 1 aliphatic heterocycles. The summed E-state index contributed by atoms with van der Waals surface area (Å²) in [5, 5.41) is 3.44. The lowest BCUT2D eigenvalue weighted by molar-refractivity contribution is 0.182. The fourth-order valence-corrected chi connectivity index (χ4v) is 3.67. The molecule has 6 heteroatoms. The summed E-state index contributed by atoms with van der Waals surface area (Å²) in [6, 6.07) is 0.912. The molecule has 1 saturated heterocycles. The second-order valence-corrected chi connectivity index (χ2v) is 7.18. The van der Waals surface area contributed by atoms with E-state index in [1.165, 1.54) is 0 Å². The van der Waals surface area contributed by atoms with Gasteiger partial charge in [0.25, 0.3) is 0 Å². The Morgan fingerprint density at radius 1 is 1.18 bits per heavy atom. The molecule has 1 heterocycles. The molecule has 1 fully saturated rings. The summed E-state index contributed by atoms with van der Waals surface area (Å²) in [5.74, 6) is 0.629. The Bertz CT molecular complexity index is 299. The van der Waals surface area contributed by atoms with E-state index in [-0.39, 0.29) is 12.4 Å². The molecule has 0 amide bonds. The molecule has 0 saturated carbocycles. The topological polar surface area (TPSA) is 49.4 Å². The van der Waals surface area contributed by atoms with Gasteiger partial charge in [-0.3, -0.25) is 4.90 Å². The minimum Gasteiger partial charge on any atom is -0.309 e. The number of piperazine rings is 1. The summed E-state index contributed by atoms with van der Waals surface area (Å²) in [7, 11) is -2.83. The monoisotopic (exact) mass is 284 g/mol. The molecule has 0 aromatic rings. The van der Waals surface area contributed by atoms with E-state index in [9.17, 15) is 8.42 Å². The SMILES string of the molecule is CCCS(=O)(=O)CCN1CC(C)NC(C)C1.Cl. The van der Waals surface area contributed by atoms with Gasteiger partial charge >= 0.3 is 0 Å². The molecule has 4 nitrogen and oxygen atoms in total. The maximum atomic E-state index is 11.6. The van der Waals surface area contributed by atoms with Crippen LogP contribution in [0.25, 0.3) is 0 Å². The molecule has 0 aliphatic carbocycles. The first kappa shape index (κ1) is 17.2. The van der Waals surface area contributed by atoms with Gasteiger partial charge in [0.1, 0.15) is 0 Å². The van der Waals surface area contributed by atoms with Crippen molar-refractivity contribution in [1.82, 2.24) is 10.2 Å². The van der Waals surface area contributed by atoms with Crippen LogP contribution >= 0.6 is 12.4 Å². The quantitative estimate of drug-likeness (QED) is 0.816. The van der Waals surface area contributed by atoms with E-state index in [0.717, 1.165) is 19.5 Å². The molecule has 0 radical (unpaired) electrons. The molecule has 0 bridgehead atoms. The number of halogens is 1. The van der Waals surface area contributed by atoms with Crippen LogP contribution in [0.4, 0.5) is 0 Å². The Morgan fingerprint density at radius 3 is 2.18 bits per heavy atom. The fraction of sp³-hybridized carbons (Fsp3) is 1.00. The van der Waals surface area contributed by atoms with E-state index in [1.807, 2.05) is 6.92 Å². The Balaban J connectivity index is 0.00000256. The van der Waals surface area contributed by atoms with Gasteiger partial charge in [-0.1, -0.05) is 6.92 Å². The number of nitrogens with zero attached hydrogens (tertiary/aromatic N) is 1. The molecule has 0 aromatic carbocycles. The molecule has 2 atom stereocenters. The van der Waals surface area contributed by atoms with Crippen molar-refractivity contribution in [2.45, 2.75) is 39.3 Å². The third kappa shape index (κ3) is 6.60. The van der Waals surface area contributed by atoms with Crippen LogP contribution in [0.5, 0.6) is 0 Å². The van der Waals surface area contributed by atoms with Gasteiger partial charge in [0, 0.05) is 37.5 Å². The first-order valence-corrected chi connectivity index (χ1v) is 7.94. The number of hydrogen-bond donors (Lipinski definition) is 1. The first-order chi connectivity index (χ1) is 7.43. The Hall–Kier alpha value is 0.160. The normalized spacial score (nSPS) is 26.5. The lowest BCUT2D eigenvalue weighted by atomic mass is 10.1.